The molecule has 0 saturated carbocycles. The summed E-state index contributed by atoms with van der Waals surface area (Å²) in [7, 11) is 0. The third-order valence-electron chi connectivity index (χ3n) is 20.8. The minimum absolute atomic E-state index is 1.18. The Kier molecular flexibility index (Phi) is 36.7. The molecule has 0 spiro atoms. The molecule has 3 heteroatoms. The van der Waals surface area contributed by atoms with E-state index in [1.165, 1.54) is 354 Å². The average molecular weight is 1310 g/mol. The summed E-state index contributed by atoms with van der Waals surface area (Å²) in [5, 5.41) is 7.33. The maximum absolute atomic E-state index is 2.66. The molecule has 510 valence electrons. The molecule has 4 aromatic carbocycles. The fraction of sp³-hybridized carbons (Fsp3) is 0.600. The predicted molar refractivity (Wildman–Crippen MR) is 423 cm³/mol. The third-order valence-corrected chi connectivity index (χ3v) is 23.6. The first kappa shape index (κ1) is 76.3. The molecule has 0 bridgehead atoms. The van der Waals surface area contributed by atoms with Gasteiger partial charge >= 0.3 is 0 Å². The summed E-state index contributed by atoms with van der Waals surface area (Å²) in [6.07, 6.45) is 57.8. The molecule has 0 fully saturated rings. The summed E-state index contributed by atoms with van der Waals surface area (Å²) in [6, 6.07) is 31.2. The van der Waals surface area contributed by atoms with Crippen LogP contribution in [0.3, 0.4) is 0 Å². The van der Waals surface area contributed by atoms with Crippen molar-refractivity contribution in [3.05, 3.63) is 139 Å². The summed E-state index contributed by atoms with van der Waals surface area (Å²) < 4.78 is 0. The fourth-order valence-corrected chi connectivity index (χ4v) is 18.0. The lowest BCUT2D eigenvalue weighted by Crippen LogP contribution is -2.05. The van der Waals surface area contributed by atoms with Crippen LogP contribution < -0.4 is 0 Å². The molecule has 3 heterocycles. The zero-order chi connectivity index (χ0) is 65.7. The number of hydrogen-bond donors (Lipinski definition) is 0. The number of hydrogen-bond acceptors (Lipinski definition) is 3. The maximum atomic E-state index is 2.66. The van der Waals surface area contributed by atoms with Crippen molar-refractivity contribution in [2.75, 3.05) is 0 Å². The first-order valence-electron chi connectivity index (χ1n) is 39.7. The van der Waals surface area contributed by atoms with Gasteiger partial charge in [0.05, 0.1) is 0 Å². The SMILES string of the molecule is CCCCCCc1ccc(-c2ccsc2-c2cc(-c3sccc3-c3ccc(CCCCCC)c(CCCCCC)c3CCCCCC)cc(-c3sccc3-c3ccc(CCCCCC)c(CCCCCC)c3CCCCCC)c2)c(CCCCCC)c1CCCCCC. The van der Waals surface area contributed by atoms with Crippen molar-refractivity contribution < 1.29 is 0 Å². The Hall–Kier alpha value is -4.02. The lowest BCUT2D eigenvalue weighted by molar-refractivity contribution is 0.640. The van der Waals surface area contributed by atoms with Gasteiger partial charge in [-0.2, -0.15) is 0 Å². The van der Waals surface area contributed by atoms with Crippen LogP contribution in [0, 0.1) is 0 Å². The number of benzene rings is 4. The number of unbranched alkanes of at least 4 members (excludes halogenated alkanes) is 27. The van der Waals surface area contributed by atoms with E-state index in [1.54, 1.807) is 50.1 Å². The summed E-state index contributed by atoms with van der Waals surface area (Å²) in [5.74, 6) is 0. The molecule has 0 aliphatic rings. The van der Waals surface area contributed by atoms with Crippen molar-refractivity contribution >= 4 is 34.0 Å². The van der Waals surface area contributed by atoms with Crippen molar-refractivity contribution in [3.63, 3.8) is 0 Å². The Morgan fingerprint density at radius 2 is 0.398 bits per heavy atom. The molecular weight excluding hydrogens is 1180 g/mol. The zero-order valence-corrected chi connectivity index (χ0v) is 63.7. The highest BCUT2D eigenvalue weighted by Gasteiger charge is 2.25. The molecule has 93 heavy (non-hydrogen) atoms. The first-order chi connectivity index (χ1) is 45.9. The van der Waals surface area contributed by atoms with Gasteiger partial charge in [0.25, 0.3) is 0 Å². The van der Waals surface area contributed by atoms with Gasteiger partial charge in [0.15, 0.2) is 0 Å². The number of rotatable bonds is 51. The zero-order valence-electron chi connectivity index (χ0n) is 61.2. The van der Waals surface area contributed by atoms with E-state index < -0.39 is 0 Å². The van der Waals surface area contributed by atoms with E-state index in [1.807, 2.05) is 34.0 Å². The maximum Gasteiger partial charge on any atom is 0.0421 e. The van der Waals surface area contributed by atoms with Crippen LogP contribution in [0.4, 0.5) is 0 Å². The molecular formula is C90H132S3. The molecule has 0 nitrogen and oxygen atoms in total. The second-order valence-electron chi connectivity index (χ2n) is 28.3. The summed E-state index contributed by atoms with van der Waals surface area (Å²) in [6.45, 7) is 21.3. The van der Waals surface area contributed by atoms with Gasteiger partial charge < -0.3 is 0 Å². The topological polar surface area (TPSA) is 0 Å². The van der Waals surface area contributed by atoms with Crippen molar-refractivity contribution in [1.82, 2.24) is 0 Å². The van der Waals surface area contributed by atoms with Crippen molar-refractivity contribution in [2.24, 2.45) is 0 Å². The van der Waals surface area contributed by atoms with E-state index in [4.69, 9.17) is 0 Å². The lowest BCUT2D eigenvalue weighted by Gasteiger charge is -2.22. The largest absolute Gasteiger partial charge is 0.143 e. The van der Waals surface area contributed by atoms with E-state index in [-0.39, 0.29) is 0 Å². The molecule has 0 N–H and O–H groups in total. The van der Waals surface area contributed by atoms with Gasteiger partial charge in [-0.05, 0) is 252 Å². The molecule has 0 amide bonds. The molecule has 7 rings (SSSR count). The van der Waals surface area contributed by atoms with E-state index in [0.29, 0.717) is 0 Å². The predicted octanol–water partition coefficient (Wildman–Crippen LogP) is 31.0. The van der Waals surface area contributed by atoms with Crippen LogP contribution in [-0.4, -0.2) is 0 Å². The molecule has 7 aromatic rings. The molecule has 0 aliphatic carbocycles. The van der Waals surface area contributed by atoms with Gasteiger partial charge in [0.2, 0.25) is 0 Å². The molecule has 0 radical (unpaired) electrons. The van der Waals surface area contributed by atoms with Crippen LogP contribution in [0.5, 0.6) is 0 Å². The Bertz CT molecular complexity index is 2800. The molecule has 0 unspecified atom stereocenters. The lowest BCUT2D eigenvalue weighted by atomic mass is 9.83. The standard InChI is InChI=1S/C90H132S3/c1-10-19-28-37-46-70-55-58-82(79(52-43-34-25-16-7)76(70)49-40-31-22-13-4)85-61-64-91-88(85)73-67-74(89-86(62-65-92-89)83-59-56-71(47-38-29-20-11-2)77(50-41-32-23-14-5)80(83)53-44-35-26-17-8)69-75(68-73)90-87(63-66-93-90)84-60-57-72(48-39-30-21-12-3)78(51-42-33-24-15-6)81(84)54-45-36-27-18-9/h55-69H,10-54H2,1-9H3. The smallest absolute Gasteiger partial charge is 0.0421 e. The Morgan fingerprint density at radius 3 is 0.613 bits per heavy atom. The normalized spacial score (nSPS) is 11.7. The third kappa shape index (κ3) is 23.3. The van der Waals surface area contributed by atoms with Gasteiger partial charge in [0, 0.05) is 31.3 Å². The van der Waals surface area contributed by atoms with E-state index >= 15 is 0 Å². The van der Waals surface area contributed by atoms with Crippen LogP contribution in [0.1, 0.15) is 344 Å². The Morgan fingerprint density at radius 1 is 0.194 bits per heavy atom. The quantitative estimate of drug-likeness (QED) is 0.0333. The van der Waals surface area contributed by atoms with Crippen molar-refractivity contribution in [2.45, 2.75) is 351 Å². The van der Waals surface area contributed by atoms with Crippen molar-refractivity contribution in [3.8, 4) is 64.7 Å². The van der Waals surface area contributed by atoms with Crippen LogP contribution in [0.25, 0.3) is 64.7 Å². The molecule has 0 aliphatic heterocycles. The monoisotopic (exact) mass is 1310 g/mol. The van der Waals surface area contributed by atoms with E-state index in [0.717, 1.165) is 0 Å². The summed E-state index contributed by atoms with van der Waals surface area (Å²) in [5.41, 5.74) is 28.1. The highest BCUT2D eigenvalue weighted by Crippen LogP contribution is 2.49. The van der Waals surface area contributed by atoms with E-state index in [9.17, 15) is 0 Å². The van der Waals surface area contributed by atoms with E-state index in [2.05, 4.69) is 151 Å². The molecule has 3 aromatic heterocycles. The summed E-state index contributed by atoms with van der Waals surface area (Å²) in [4.78, 5) is 4.32. The highest BCUT2D eigenvalue weighted by atomic mass is 32.1. The molecule has 0 saturated heterocycles. The highest BCUT2D eigenvalue weighted by molar-refractivity contribution is 7.15. The number of aryl methyl sites for hydroxylation is 3. The second kappa shape index (κ2) is 44.7. The van der Waals surface area contributed by atoms with Crippen LogP contribution in [0.2, 0.25) is 0 Å². The van der Waals surface area contributed by atoms with Gasteiger partial charge in [-0.15, -0.1) is 34.0 Å². The Balaban J connectivity index is 1.49. The van der Waals surface area contributed by atoms with Crippen LogP contribution >= 0.6 is 34.0 Å². The second-order valence-corrected chi connectivity index (χ2v) is 31.0. The minimum atomic E-state index is 1.18. The summed E-state index contributed by atoms with van der Waals surface area (Å²) >= 11 is 5.97. The van der Waals surface area contributed by atoms with Gasteiger partial charge in [-0.1, -0.05) is 272 Å². The average Bonchev–Trinajstić information content (AvgIpc) is 1.74. The van der Waals surface area contributed by atoms with Crippen LogP contribution in [0.15, 0.2) is 88.9 Å². The first-order valence-corrected chi connectivity index (χ1v) is 42.3. The van der Waals surface area contributed by atoms with Gasteiger partial charge in [-0.25, -0.2) is 0 Å². The fourth-order valence-electron chi connectivity index (χ4n) is 15.3. The van der Waals surface area contributed by atoms with Crippen LogP contribution in [-0.2, 0) is 57.8 Å². The number of thiophene rings is 3. The van der Waals surface area contributed by atoms with Gasteiger partial charge in [0.1, 0.15) is 0 Å². The van der Waals surface area contributed by atoms with Crippen molar-refractivity contribution in [1.29, 1.82) is 0 Å². The molecule has 0 atom stereocenters. The Labute approximate surface area is 584 Å². The minimum Gasteiger partial charge on any atom is -0.143 e. The van der Waals surface area contributed by atoms with Gasteiger partial charge in [-0.3, -0.25) is 0 Å².